The molecule has 1 N–H and O–H groups in total. The molecule has 3 heterocycles. The number of rotatable bonds is 5. The summed E-state index contributed by atoms with van der Waals surface area (Å²) in [6.07, 6.45) is 3.73. The third-order valence-electron chi connectivity index (χ3n) is 7.80. The summed E-state index contributed by atoms with van der Waals surface area (Å²) in [6, 6.07) is 24.3. The minimum Gasteiger partial charge on any atom is -0.497 e. The van der Waals surface area contributed by atoms with Gasteiger partial charge in [-0.2, -0.15) is 0 Å². The van der Waals surface area contributed by atoms with E-state index in [0.717, 1.165) is 41.1 Å². The van der Waals surface area contributed by atoms with Crippen LogP contribution in [0.2, 0.25) is 0 Å². The predicted molar refractivity (Wildman–Crippen MR) is 155 cm³/mol. The summed E-state index contributed by atoms with van der Waals surface area (Å²) in [5.41, 5.74) is 6.07. The number of hydrogen-bond acceptors (Lipinski definition) is 5. The number of anilines is 1. The summed E-state index contributed by atoms with van der Waals surface area (Å²) in [6.45, 7) is 1.29. The Morgan fingerprint density at radius 3 is 2.08 bits per heavy atom. The highest BCUT2D eigenvalue weighted by molar-refractivity contribution is 5.95. The van der Waals surface area contributed by atoms with Gasteiger partial charge >= 0.3 is 0 Å². The maximum absolute atomic E-state index is 13.4. The first-order valence-corrected chi connectivity index (χ1v) is 12.8. The Labute approximate surface area is 234 Å². The number of carbonyl (C=O) groups is 1. The number of likely N-dealkylation sites (tertiary alicyclic amines) is 1. The molecule has 0 unspecified atom stereocenters. The highest BCUT2D eigenvalue weighted by atomic mass is 35.5. The molecule has 2 aliphatic rings. The van der Waals surface area contributed by atoms with E-state index >= 15 is 0 Å². The largest absolute Gasteiger partial charge is 0.497 e. The minimum absolute atomic E-state index is 0. The van der Waals surface area contributed by atoms with Crippen molar-refractivity contribution < 1.29 is 19.0 Å². The summed E-state index contributed by atoms with van der Waals surface area (Å²) < 4.78 is 18.4. The molecule has 0 bridgehead atoms. The molecule has 8 heteroatoms. The van der Waals surface area contributed by atoms with Crippen LogP contribution >= 0.6 is 12.4 Å². The van der Waals surface area contributed by atoms with E-state index in [1.165, 1.54) is 5.69 Å². The van der Waals surface area contributed by atoms with Crippen molar-refractivity contribution in [2.75, 3.05) is 39.7 Å². The molecule has 0 aliphatic carbocycles. The summed E-state index contributed by atoms with van der Waals surface area (Å²) in [5, 5.41) is 3.90. The number of fused-ring (bicyclic) bond motifs is 4. The highest BCUT2D eigenvalue weighted by Crippen LogP contribution is 2.44. The van der Waals surface area contributed by atoms with E-state index in [9.17, 15) is 4.79 Å². The van der Waals surface area contributed by atoms with Crippen LogP contribution in [-0.4, -0.2) is 49.8 Å². The van der Waals surface area contributed by atoms with Gasteiger partial charge in [-0.15, -0.1) is 12.4 Å². The standard InChI is InChI=1S/C31H31N3O4.ClH/c1-36-24-9-6-21(7-10-24)22-8-11-28-27(19-22)32-31(29-5-4-14-34(28)29)12-15-33(16-13-31)30(35)23-17-25(37-2)20-26(18-23)38-3;/h4-11,14,17-20,32H,12-13,15-16H2,1-3H3;1H. The molecule has 1 fully saturated rings. The molecule has 1 saturated heterocycles. The van der Waals surface area contributed by atoms with Gasteiger partial charge in [0, 0.05) is 36.6 Å². The second kappa shape index (κ2) is 10.6. The summed E-state index contributed by atoms with van der Waals surface area (Å²) in [5.74, 6) is 2.05. The topological polar surface area (TPSA) is 65.0 Å². The van der Waals surface area contributed by atoms with Crippen LogP contribution in [0.5, 0.6) is 17.2 Å². The Hall–Kier alpha value is -4.10. The Balaban J connectivity index is 0.00000308. The number of piperidine rings is 1. The number of nitrogens with one attached hydrogen (secondary N) is 1. The monoisotopic (exact) mass is 545 g/mol. The number of amides is 1. The van der Waals surface area contributed by atoms with Crippen molar-refractivity contribution in [3.63, 3.8) is 0 Å². The van der Waals surface area contributed by atoms with Gasteiger partial charge in [-0.1, -0.05) is 18.2 Å². The predicted octanol–water partition coefficient (Wildman–Crippen LogP) is 6.15. The molecule has 0 radical (unpaired) electrons. The van der Waals surface area contributed by atoms with Crippen LogP contribution in [-0.2, 0) is 5.54 Å². The van der Waals surface area contributed by atoms with E-state index in [0.29, 0.717) is 30.2 Å². The van der Waals surface area contributed by atoms with Crippen molar-refractivity contribution in [2.24, 2.45) is 0 Å². The lowest BCUT2D eigenvalue weighted by Gasteiger charge is -2.46. The van der Waals surface area contributed by atoms with E-state index in [1.54, 1.807) is 39.5 Å². The van der Waals surface area contributed by atoms with Gasteiger partial charge in [0.1, 0.15) is 17.2 Å². The maximum atomic E-state index is 13.4. The SMILES string of the molecule is COc1ccc(-c2ccc3c(c2)NC2(CCN(C(=O)c4cc(OC)cc(OC)c4)CC2)c2cccn2-3)cc1.Cl. The normalized spacial score (nSPS) is 14.9. The first-order valence-electron chi connectivity index (χ1n) is 12.8. The van der Waals surface area contributed by atoms with Gasteiger partial charge in [0.15, 0.2) is 0 Å². The maximum Gasteiger partial charge on any atom is 0.254 e. The summed E-state index contributed by atoms with van der Waals surface area (Å²) in [7, 11) is 4.86. The molecule has 0 atom stereocenters. The number of hydrogen-bond donors (Lipinski definition) is 1. The van der Waals surface area contributed by atoms with Crippen molar-refractivity contribution in [1.82, 2.24) is 9.47 Å². The molecule has 1 spiro atoms. The van der Waals surface area contributed by atoms with Crippen molar-refractivity contribution >= 4 is 24.0 Å². The van der Waals surface area contributed by atoms with Crippen LogP contribution < -0.4 is 19.5 Å². The van der Waals surface area contributed by atoms with E-state index in [-0.39, 0.29) is 23.9 Å². The van der Waals surface area contributed by atoms with Crippen LogP contribution in [0.15, 0.2) is 79.0 Å². The number of methoxy groups -OCH3 is 3. The Bertz CT molecular complexity index is 1470. The fourth-order valence-corrected chi connectivity index (χ4v) is 5.70. The van der Waals surface area contributed by atoms with Gasteiger partial charge in [-0.05, 0) is 72.5 Å². The average molecular weight is 546 g/mol. The molecule has 4 aromatic rings. The molecule has 3 aromatic carbocycles. The van der Waals surface area contributed by atoms with Gasteiger partial charge in [0.2, 0.25) is 0 Å². The second-order valence-corrected chi connectivity index (χ2v) is 9.82. The molecule has 7 nitrogen and oxygen atoms in total. The Morgan fingerprint density at radius 2 is 1.44 bits per heavy atom. The molecule has 0 saturated carbocycles. The molecule has 2 aliphatic heterocycles. The summed E-state index contributed by atoms with van der Waals surface area (Å²) in [4.78, 5) is 15.4. The average Bonchev–Trinajstić information content (AvgIpc) is 3.48. The van der Waals surface area contributed by atoms with Gasteiger partial charge < -0.3 is 29.0 Å². The van der Waals surface area contributed by atoms with Gasteiger partial charge in [0.05, 0.1) is 38.2 Å². The van der Waals surface area contributed by atoms with Crippen LogP contribution in [0.1, 0.15) is 28.9 Å². The Kier molecular flexibility index (Phi) is 7.19. The van der Waals surface area contributed by atoms with Crippen molar-refractivity contribution in [1.29, 1.82) is 0 Å². The number of halogens is 1. The number of ether oxygens (including phenoxy) is 3. The fraction of sp³-hybridized carbons (Fsp3) is 0.258. The van der Waals surface area contributed by atoms with Crippen molar-refractivity contribution in [2.45, 2.75) is 18.4 Å². The van der Waals surface area contributed by atoms with Gasteiger partial charge in [-0.3, -0.25) is 4.79 Å². The lowest BCUT2D eigenvalue weighted by Crippen LogP contribution is -2.51. The van der Waals surface area contributed by atoms with E-state index in [1.807, 2.05) is 17.0 Å². The first-order chi connectivity index (χ1) is 18.5. The van der Waals surface area contributed by atoms with E-state index in [4.69, 9.17) is 14.2 Å². The van der Waals surface area contributed by atoms with Crippen LogP contribution in [0, 0.1) is 0 Å². The summed E-state index contributed by atoms with van der Waals surface area (Å²) >= 11 is 0. The van der Waals surface area contributed by atoms with Crippen molar-refractivity contribution in [3.8, 4) is 34.1 Å². The number of benzene rings is 3. The minimum atomic E-state index is -0.252. The number of aromatic nitrogens is 1. The van der Waals surface area contributed by atoms with Gasteiger partial charge in [-0.25, -0.2) is 0 Å². The zero-order valence-electron chi connectivity index (χ0n) is 22.3. The third-order valence-corrected chi connectivity index (χ3v) is 7.80. The zero-order chi connectivity index (χ0) is 26.3. The molecule has 6 rings (SSSR count). The van der Waals surface area contributed by atoms with E-state index in [2.05, 4.69) is 58.5 Å². The van der Waals surface area contributed by atoms with E-state index < -0.39 is 0 Å². The quantitative estimate of drug-likeness (QED) is 0.326. The van der Waals surface area contributed by atoms with Crippen LogP contribution in [0.3, 0.4) is 0 Å². The lowest BCUT2D eigenvalue weighted by molar-refractivity contribution is 0.0675. The molecular formula is C31H32ClN3O4. The van der Waals surface area contributed by atoms with Crippen LogP contribution in [0.4, 0.5) is 5.69 Å². The fourth-order valence-electron chi connectivity index (χ4n) is 5.70. The molecule has 1 aromatic heterocycles. The smallest absolute Gasteiger partial charge is 0.254 e. The lowest BCUT2D eigenvalue weighted by atomic mass is 9.82. The molecule has 202 valence electrons. The molecule has 1 amide bonds. The molecule has 39 heavy (non-hydrogen) atoms. The number of carbonyl (C=O) groups excluding carboxylic acids is 1. The molecular weight excluding hydrogens is 514 g/mol. The third kappa shape index (κ3) is 4.68. The number of nitrogens with zero attached hydrogens (tertiary/aromatic N) is 2. The van der Waals surface area contributed by atoms with Gasteiger partial charge in [0.25, 0.3) is 5.91 Å². The highest BCUT2D eigenvalue weighted by Gasteiger charge is 2.42. The van der Waals surface area contributed by atoms with Crippen molar-refractivity contribution in [3.05, 3.63) is 90.3 Å². The Morgan fingerprint density at radius 1 is 0.795 bits per heavy atom. The first kappa shape index (κ1) is 26.5. The zero-order valence-corrected chi connectivity index (χ0v) is 23.1. The van der Waals surface area contributed by atoms with Crippen LogP contribution in [0.25, 0.3) is 16.8 Å². The second-order valence-electron chi connectivity index (χ2n) is 9.82.